The van der Waals surface area contributed by atoms with Crippen molar-refractivity contribution in [3.05, 3.63) is 47.5 Å². The maximum Gasteiger partial charge on any atom is 0.273 e. The summed E-state index contributed by atoms with van der Waals surface area (Å²) in [6, 6.07) is 11.3. The van der Waals surface area contributed by atoms with E-state index in [1.165, 1.54) is 7.11 Å². The molecule has 8 nitrogen and oxygen atoms in total. The van der Waals surface area contributed by atoms with Crippen molar-refractivity contribution in [3.63, 3.8) is 0 Å². The summed E-state index contributed by atoms with van der Waals surface area (Å²) in [6.45, 7) is 0.242. The number of amides is 1. The van der Waals surface area contributed by atoms with Gasteiger partial charge in [0.2, 0.25) is 0 Å². The first-order chi connectivity index (χ1) is 13.6. The Hall–Kier alpha value is -3.42. The molecule has 0 radical (unpaired) electrons. The molecule has 0 atom stereocenters. The molecule has 2 aromatic carbocycles. The number of benzene rings is 2. The van der Waals surface area contributed by atoms with E-state index in [0.29, 0.717) is 11.3 Å². The van der Waals surface area contributed by atoms with Crippen LogP contribution < -0.4 is 26.0 Å². The molecule has 0 saturated carbocycles. The SMILES string of the molecule is CNC(=O)C(=NOC)c1ccccc1COc1c(NC)ccc(NC)c1NC. The zero-order chi connectivity index (χ0) is 20.5. The van der Waals surface area contributed by atoms with E-state index in [4.69, 9.17) is 9.57 Å². The molecule has 0 aliphatic rings. The van der Waals surface area contributed by atoms with Crippen LogP contribution in [0.1, 0.15) is 11.1 Å². The predicted molar refractivity (Wildman–Crippen MR) is 113 cm³/mol. The fourth-order valence-electron chi connectivity index (χ4n) is 2.84. The zero-order valence-electron chi connectivity index (χ0n) is 16.8. The number of hydrogen-bond donors (Lipinski definition) is 4. The van der Waals surface area contributed by atoms with E-state index in [2.05, 4.69) is 26.4 Å². The fourth-order valence-corrected chi connectivity index (χ4v) is 2.84. The Labute approximate surface area is 165 Å². The summed E-state index contributed by atoms with van der Waals surface area (Å²) in [5, 5.41) is 15.9. The van der Waals surface area contributed by atoms with Crippen LogP contribution in [0.5, 0.6) is 5.75 Å². The van der Waals surface area contributed by atoms with Crippen molar-refractivity contribution in [2.45, 2.75) is 6.61 Å². The number of nitrogens with one attached hydrogen (secondary N) is 4. The lowest BCUT2D eigenvalue weighted by Crippen LogP contribution is -2.29. The molecule has 28 heavy (non-hydrogen) atoms. The Bertz CT molecular complexity index is 852. The van der Waals surface area contributed by atoms with Gasteiger partial charge in [-0.05, 0) is 17.7 Å². The highest BCUT2D eigenvalue weighted by molar-refractivity contribution is 6.45. The van der Waals surface area contributed by atoms with Gasteiger partial charge < -0.3 is 30.8 Å². The topological polar surface area (TPSA) is 96.0 Å². The molecule has 2 aromatic rings. The van der Waals surface area contributed by atoms with Gasteiger partial charge in [-0.3, -0.25) is 4.79 Å². The van der Waals surface area contributed by atoms with Gasteiger partial charge >= 0.3 is 0 Å². The summed E-state index contributed by atoms with van der Waals surface area (Å²) < 4.78 is 6.17. The number of likely N-dealkylation sites (N-methyl/N-ethyl adjacent to an activating group) is 1. The lowest BCUT2D eigenvalue weighted by Gasteiger charge is -2.19. The minimum atomic E-state index is -0.335. The third kappa shape index (κ3) is 4.46. The van der Waals surface area contributed by atoms with Crippen LogP contribution in [0, 0.1) is 0 Å². The van der Waals surface area contributed by atoms with Crippen molar-refractivity contribution in [1.82, 2.24) is 5.32 Å². The van der Waals surface area contributed by atoms with E-state index in [1.807, 2.05) is 57.5 Å². The van der Waals surface area contributed by atoms with Gasteiger partial charge in [-0.15, -0.1) is 0 Å². The van der Waals surface area contributed by atoms with Crippen LogP contribution in [0.4, 0.5) is 17.1 Å². The molecule has 0 spiro atoms. The van der Waals surface area contributed by atoms with Crippen molar-refractivity contribution in [2.75, 3.05) is 51.3 Å². The van der Waals surface area contributed by atoms with E-state index in [1.54, 1.807) is 7.05 Å². The molecule has 8 heteroatoms. The number of oxime groups is 1. The number of carbonyl (C=O) groups is 1. The molecule has 4 N–H and O–H groups in total. The minimum absolute atomic E-state index is 0.191. The van der Waals surface area contributed by atoms with Crippen molar-refractivity contribution < 1.29 is 14.4 Å². The van der Waals surface area contributed by atoms with E-state index in [0.717, 1.165) is 22.6 Å². The number of anilines is 3. The monoisotopic (exact) mass is 385 g/mol. The van der Waals surface area contributed by atoms with Crippen LogP contribution in [0.2, 0.25) is 0 Å². The summed E-state index contributed by atoms with van der Waals surface area (Å²) in [5.41, 5.74) is 4.24. The van der Waals surface area contributed by atoms with Crippen LogP contribution in [-0.4, -0.2) is 46.9 Å². The van der Waals surface area contributed by atoms with Crippen molar-refractivity contribution in [3.8, 4) is 5.75 Å². The van der Waals surface area contributed by atoms with Gasteiger partial charge in [0, 0.05) is 33.8 Å². The van der Waals surface area contributed by atoms with Crippen molar-refractivity contribution >= 4 is 28.7 Å². The molecule has 0 bridgehead atoms. The van der Waals surface area contributed by atoms with Gasteiger partial charge in [-0.2, -0.15) is 0 Å². The normalized spacial score (nSPS) is 10.8. The molecule has 1 amide bonds. The first kappa shape index (κ1) is 20.9. The summed E-state index contributed by atoms with van der Waals surface area (Å²) in [4.78, 5) is 17.1. The molecule has 0 aromatic heterocycles. The van der Waals surface area contributed by atoms with Crippen LogP contribution >= 0.6 is 0 Å². The third-order valence-corrected chi connectivity index (χ3v) is 4.22. The molecular formula is C20H27N5O3. The first-order valence-corrected chi connectivity index (χ1v) is 8.85. The van der Waals surface area contributed by atoms with E-state index < -0.39 is 0 Å². The average Bonchev–Trinajstić information content (AvgIpc) is 2.74. The number of carbonyl (C=O) groups excluding carboxylic acids is 1. The summed E-state index contributed by atoms with van der Waals surface area (Å²) in [7, 11) is 8.48. The predicted octanol–water partition coefficient (Wildman–Crippen LogP) is 2.49. The Morgan fingerprint density at radius 1 is 0.964 bits per heavy atom. The van der Waals surface area contributed by atoms with Gasteiger partial charge in [-0.1, -0.05) is 29.4 Å². The molecule has 0 aliphatic carbocycles. The molecule has 0 fully saturated rings. The Morgan fingerprint density at radius 2 is 1.64 bits per heavy atom. The largest absolute Gasteiger partial charge is 0.484 e. The second kappa shape index (κ2) is 10.1. The number of ether oxygens (including phenoxy) is 1. The quantitative estimate of drug-likeness (QED) is 0.391. The smallest absolute Gasteiger partial charge is 0.273 e. The van der Waals surface area contributed by atoms with Crippen molar-refractivity contribution in [1.29, 1.82) is 0 Å². The summed E-state index contributed by atoms with van der Waals surface area (Å²) in [5.74, 6) is 0.343. The zero-order valence-corrected chi connectivity index (χ0v) is 16.8. The molecule has 2 rings (SSSR count). The summed E-state index contributed by atoms with van der Waals surface area (Å²) >= 11 is 0. The molecule has 0 unspecified atom stereocenters. The molecule has 0 saturated heterocycles. The Morgan fingerprint density at radius 3 is 2.25 bits per heavy atom. The molecule has 0 aliphatic heterocycles. The molecular weight excluding hydrogens is 358 g/mol. The number of nitrogens with zero attached hydrogens (tertiary/aromatic N) is 1. The second-order valence-corrected chi connectivity index (χ2v) is 5.76. The van der Waals surface area contributed by atoms with Gasteiger partial charge in [0.1, 0.15) is 19.4 Å². The van der Waals surface area contributed by atoms with Crippen molar-refractivity contribution in [2.24, 2.45) is 5.16 Å². The lowest BCUT2D eigenvalue weighted by molar-refractivity contribution is -0.114. The number of hydrogen-bond acceptors (Lipinski definition) is 7. The fraction of sp³-hybridized carbons (Fsp3) is 0.300. The van der Waals surface area contributed by atoms with Gasteiger partial charge in [0.05, 0.1) is 11.4 Å². The standard InChI is InChI=1S/C20H27N5O3/c1-21-15-10-11-16(22-2)19(18(15)23-3)28-12-13-8-6-7-9-14(13)17(25-27-5)20(26)24-4/h6-11,21-23H,12H2,1-5H3,(H,24,26). The Kier molecular flexibility index (Phi) is 7.50. The third-order valence-electron chi connectivity index (χ3n) is 4.22. The maximum absolute atomic E-state index is 12.2. The van der Waals surface area contributed by atoms with Crippen LogP contribution in [-0.2, 0) is 16.2 Å². The highest BCUT2D eigenvalue weighted by atomic mass is 16.6. The van der Waals surface area contributed by atoms with E-state index >= 15 is 0 Å². The second-order valence-electron chi connectivity index (χ2n) is 5.76. The maximum atomic E-state index is 12.2. The highest BCUT2D eigenvalue weighted by Gasteiger charge is 2.19. The molecule has 150 valence electrons. The van der Waals surface area contributed by atoms with Gasteiger partial charge in [-0.25, -0.2) is 0 Å². The van der Waals surface area contributed by atoms with E-state index in [9.17, 15) is 4.79 Å². The first-order valence-electron chi connectivity index (χ1n) is 8.85. The Balaban J connectivity index is 2.42. The average molecular weight is 385 g/mol. The van der Waals surface area contributed by atoms with E-state index in [-0.39, 0.29) is 18.2 Å². The lowest BCUT2D eigenvalue weighted by atomic mass is 10.0. The van der Waals surface area contributed by atoms with Gasteiger partial charge in [0.15, 0.2) is 11.5 Å². The summed E-state index contributed by atoms with van der Waals surface area (Å²) in [6.07, 6.45) is 0. The van der Waals surface area contributed by atoms with Gasteiger partial charge in [0.25, 0.3) is 5.91 Å². The minimum Gasteiger partial charge on any atom is -0.484 e. The van der Waals surface area contributed by atoms with Crippen LogP contribution in [0.3, 0.4) is 0 Å². The molecule has 0 heterocycles. The number of rotatable bonds is 9. The van der Waals surface area contributed by atoms with Crippen LogP contribution in [0.25, 0.3) is 0 Å². The van der Waals surface area contributed by atoms with Crippen LogP contribution in [0.15, 0.2) is 41.6 Å². The highest BCUT2D eigenvalue weighted by Crippen LogP contribution is 2.39.